The lowest BCUT2D eigenvalue weighted by molar-refractivity contribution is 0.102. The van der Waals surface area contributed by atoms with Crippen molar-refractivity contribution in [2.45, 2.75) is 0 Å². The Morgan fingerprint density at radius 1 is 1.16 bits per heavy atom. The zero-order chi connectivity index (χ0) is 13.8. The highest BCUT2D eigenvalue weighted by atomic mass is 16.5. The maximum absolute atomic E-state index is 11.9. The van der Waals surface area contributed by atoms with Crippen LogP contribution in [0.15, 0.2) is 39.9 Å². The van der Waals surface area contributed by atoms with Gasteiger partial charge in [-0.15, -0.1) is 0 Å². The van der Waals surface area contributed by atoms with Gasteiger partial charge in [0.05, 0.1) is 7.11 Å². The zero-order valence-electron chi connectivity index (χ0n) is 10.0. The van der Waals surface area contributed by atoms with Gasteiger partial charge >= 0.3 is 5.69 Å². The number of benzene rings is 1. The number of carbonyl (C=O) groups is 1. The van der Waals surface area contributed by atoms with Crippen LogP contribution >= 0.6 is 0 Å². The van der Waals surface area contributed by atoms with Gasteiger partial charge in [0.15, 0.2) is 0 Å². The number of hydrogen-bond donors (Lipinski definition) is 3. The van der Waals surface area contributed by atoms with Gasteiger partial charge in [-0.25, -0.2) is 4.79 Å². The number of nitrogens with one attached hydrogen (secondary N) is 3. The van der Waals surface area contributed by atoms with Crippen LogP contribution in [0, 0.1) is 0 Å². The van der Waals surface area contributed by atoms with Gasteiger partial charge in [-0.3, -0.25) is 19.6 Å². The van der Waals surface area contributed by atoms with Gasteiger partial charge in [0.2, 0.25) is 0 Å². The van der Waals surface area contributed by atoms with Crippen molar-refractivity contribution in [3.63, 3.8) is 0 Å². The molecule has 7 nitrogen and oxygen atoms in total. The first-order valence-electron chi connectivity index (χ1n) is 5.37. The summed E-state index contributed by atoms with van der Waals surface area (Å²) >= 11 is 0. The second-order valence-electron chi connectivity index (χ2n) is 3.68. The number of H-pyrrole nitrogens is 2. The second-order valence-corrected chi connectivity index (χ2v) is 3.68. The van der Waals surface area contributed by atoms with E-state index in [2.05, 4.69) is 10.3 Å². The Morgan fingerprint density at radius 2 is 1.84 bits per heavy atom. The molecular formula is C12H11N3O4. The maximum Gasteiger partial charge on any atom is 0.327 e. The fraction of sp³-hybridized carbons (Fsp3) is 0.0833. The van der Waals surface area contributed by atoms with Crippen molar-refractivity contribution in [3.05, 3.63) is 56.7 Å². The molecule has 2 rings (SSSR count). The summed E-state index contributed by atoms with van der Waals surface area (Å²) in [6.07, 6.45) is 0. The predicted octanol–water partition coefficient (Wildman–Crippen LogP) is 0.324. The molecule has 2 aromatic rings. The molecule has 0 unspecified atom stereocenters. The Hall–Kier alpha value is -2.83. The highest BCUT2D eigenvalue weighted by molar-refractivity contribution is 6.03. The van der Waals surface area contributed by atoms with Crippen LogP contribution in [0.3, 0.4) is 0 Å². The molecule has 0 fully saturated rings. The summed E-state index contributed by atoms with van der Waals surface area (Å²) in [7, 11) is 1.52. The van der Waals surface area contributed by atoms with E-state index < -0.39 is 17.2 Å². The standard InChI is InChI=1S/C12H11N3O4/c1-19-8-4-2-7(3-5-8)11(17)13-9-6-10(16)15-12(18)14-9/h2-6H,1H3,(H3,13,14,15,16,17,18). The van der Waals surface area contributed by atoms with E-state index >= 15 is 0 Å². The largest absolute Gasteiger partial charge is 0.497 e. The maximum atomic E-state index is 11.9. The molecule has 0 aliphatic heterocycles. The van der Waals surface area contributed by atoms with Crippen LogP contribution in [0.4, 0.5) is 5.82 Å². The molecule has 98 valence electrons. The molecule has 0 radical (unpaired) electrons. The van der Waals surface area contributed by atoms with Crippen molar-refractivity contribution < 1.29 is 9.53 Å². The Kier molecular flexibility index (Phi) is 3.46. The Morgan fingerprint density at radius 3 is 2.42 bits per heavy atom. The lowest BCUT2D eigenvalue weighted by atomic mass is 10.2. The number of amides is 1. The van der Waals surface area contributed by atoms with Gasteiger partial charge in [0, 0.05) is 11.6 Å². The number of ether oxygens (including phenoxy) is 1. The molecule has 0 aliphatic rings. The predicted molar refractivity (Wildman–Crippen MR) is 68.6 cm³/mol. The fourth-order valence-electron chi connectivity index (χ4n) is 1.47. The third kappa shape index (κ3) is 3.09. The summed E-state index contributed by atoms with van der Waals surface area (Å²) in [5, 5.41) is 2.42. The number of carbonyl (C=O) groups excluding carboxylic acids is 1. The molecular weight excluding hydrogens is 250 g/mol. The summed E-state index contributed by atoms with van der Waals surface area (Å²) in [6.45, 7) is 0. The summed E-state index contributed by atoms with van der Waals surface area (Å²) in [4.78, 5) is 38.3. The van der Waals surface area contributed by atoms with E-state index in [-0.39, 0.29) is 5.82 Å². The van der Waals surface area contributed by atoms with Crippen molar-refractivity contribution in [1.29, 1.82) is 0 Å². The molecule has 0 saturated carbocycles. The van der Waals surface area contributed by atoms with Gasteiger partial charge in [-0.2, -0.15) is 0 Å². The first-order chi connectivity index (χ1) is 9.08. The van der Waals surface area contributed by atoms with Crippen LogP contribution in [-0.4, -0.2) is 23.0 Å². The van der Waals surface area contributed by atoms with E-state index in [1.807, 2.05) is 4.98 Å². The third-order valence-electron chi connectivity index (χ3n) is 2.36. The fourth-order valence-corrected chi connectivity index (χ4v) is 1.47. The average Bonchev–Trinajstić information content (AvgIpc) is 2.37. The molecule has 1 heterocycles. The number of aromatic amines is 2. The van der Waals surface area contributed by atoms with Crippen molar-refractivity contribution in [1.82, 2.24) is 9.97 Å². The van der Waals surface area contributed by atoms with Gasteiger partial charge in [-0.1, -0.05) is 0 Å². The molecule has 0 spiro atoms. The molecule has 1 aromatic carbocycles. The van der Waals surface area contributed by atoms with Crippen LogP contribution in [0.5, 0.6) is 5.75 Å². The second kappa shape index (κ2) is 5.21. The molecule has 7 heteroatoms. The minimum atomic E-state index is -0.683. The normalized spacial score (nSPS) is 9.95. The van der Waals surface area contributed by atoms with Gasteiger partial charge in [0.25, 0.3) is 11.5 Å². The minimum absolute atomic E-state index is 0.0366. The topological polar surface area (TPSA) is 104 Å². The van der Waals surface area contributed by atoms with E-state index in [1.165, 1.54) is 7.11 Å². The Labute approximate surface area is 107 Å². The van der Waals surface area contributed by atoms with Gasteiger partial charge in [0.1, 0.15) is 11.6 Å². The molecule has 0 atom stereocenters. The molecule has 19 heavy (non-hydrogen) atoms. The lowest BCUT2D eigenvalue weighted by Crippen LogP contribution is -2.24. The van der Waals surface area contributed by atoms with Crippen molar-refractivity contribution in [2.75, 3.05) is 12.4 Å². The van der Waals surface area contributed by atoms with Gasteiger partial charge in [-0.05, 0) is 24.3 Å². The summed E-state index contributed by atoms with van der Waals surface area (Å²) in [6, 6.07) is 7.49. The third-order valence-corrected chi connectivity index (χ3v) is 2.36. The monoisotopic (exact) mass is 261 g/mol. The highest BCUT2D eigenvalue weighted by Crippen LogP contribution is 2.12. The first kappa shape index (κ1) is 12.6. The SMILES string of the molecule is COc1ccc(C(=O)Nc2cc(=O)[nH]c(=O)[nH]2)cc1. The van der Waals surface area contributed by atoms with Gasteiger partial charge < -0.3 is 10.1 Å². The van der Waals surface area contributed by atoms with Crippen LogP contribution in [0.2, 0.25) is 0 Å². The summed E-state index contributed by atoms with van der Waals surface area (Å²) in [5.41, 5.74) is -0.895. The van der Waals surface area contributed by atoms with E-state index in [0.717, 1.165) is 6.07 Å². The summed E-state index contributed by atoms with van der Waals surface area (Å²) < 4.78 is 4.97. The van der Waals surface area contributed by atoms with Crippen molar-refractivity contribution >= 4 is 11.7 Å². The quantitative estimate of drug-likeness (QED) is 0.740. The van der Waals surface area contributed by atoms with Crippen LogP contribution in [0.1, 0.15) is 10.4 Å². The number of methoxy groups -OCH3 is 1. The molecule has 1 amide bonds. The van der Waals surface area contributed by atoms with Crippen molar-refractivity contribution in [3.8, 4) is 5.75 Å². The molecule has 0 aliphatic carbocycles. The Balaban J connectivity index is 2.20. The first-order valence-corrected chi connectivity index (χ1v) is 5.37. The number of anilines is 1. The lowest BCUT2D eigenvalue weighted by Gasteiger charge is -2.05. The van der Waals surface area contributed by atoms with E-state index in [1.54, 1.807) is 24.3 Å². The van der Waals surface area contributed by atoms with Crippen molar-refractivity contribution in [2.24, 2.45) is 0 Å². The Bertz CT molecular complexity index is 672. The highest BCUT2D eigenvalue weighted by Gasteiger charge is 2.07. The number of aromatic nitrogens is 2. The van der Waals surface area contributed by atoms with Crippen LogP contribution in [0.25, 0.3) is 0 Å². The van der Waals surface area contributed by atoms with E-state index in [4.69, 9.17) is 4.74 Å². The number of rotatable bonds is 3. The smallest absolute Gasteiger partial charge is 0.327 e. The van der Waals surface area contributed by atoms with E-state index in [9.17, 15) is 14.4 Å². The molecule has 0 saturated heterocycles. The molecule has 3 N–H and O–H groups in total. The molecule has 1 aromatic heterocycles. The van der Waals surface area contributed by atoms with Crippen LogP contribution in [-0.2, 0) is 0 Å². The number of hydrogen-bond acceptors (Lipinski definition) is 4. The zero-order valence-corrected chi connectivity index (χ0v) is 10.0. The summed E-state index contributed by atoms with van der Waals surface area (Å²) in [5.74, 6) is 0.222. The minimum Gasteiger partial charge on any atom is -0.497 e. The average molecular weight is 261 g/mol. The van der Waals surface area contributed by atoms with Crippen LogP contribution < -0.4 is 21.3 Å². The molecule has 0 bridgehead atoms. The van der Waals surface area contributed by atoms with E-state index in [0.29, 0.717) is 11.3 Å².